The Bertz CT molecular complexity index is 284. The molecule has 4 heteroatoms. The average molecular weight is 270 g/mol. The zero-order chi connectivity index (χ0) is 14.5. The number of hydrogen-bond acceptors (Lipinski definition) is 4. The summed E-state index contributed by atoms with van der Waals surface area (Å²) in [7, 11) is 0. The fourth-order valence-electron chi connectivity index (χ4n) is 1.56. The van der Waals surface area contributed by atoms with Crippen LogP contribution >= 0.6 is 0 Å². The first kappa shape index (κ1) is 17.7. The van der Waals surface area contributed by atoms with Crippen LogP contribution in [0.15, 0.2) is 12.2 Å². The Kier molecular flexibility index (Phi) is 10.9. The third-order valence-corrected chi connectivity index (χ3v) is 2.64. The summed E-state index contributed by atoms with van der Waals surface area (Å²) in [5.74, 6) is -0.633. The molecule has 4 nitrogen and oxygen atoms in total. The maximum Gasteiger partial charge on any atom is 0.331 e. The van der Waals surface area contributed by atoms with Crippen LogP contribution in [0.2, 0.25) is 0 Å². The molecule has 110 valence electrons. The molecule has 0 saturated heterocycles. The summed E-state index contributed by atoms with van der Waals surface area (Å²) < 4.78 is 9.94. The molecule has 0 fully saturated rings. The predicted molar refractivity (Wildman–Crippen MR) is 74.7 cm³/mol. The van der Waals surface area contributed by atoms with Crippen molar-refractivity contribution in [2.24, 2.45) is 5.92 Å². The molecule has 0 aliphatic heterocycles. The van der Waals surface area contributed by atoms with Gasteiger partial charge >= 0.3 is 11.9 Å². The highest BCUT2D eigenvalue weighted by molar-refractivity contribution is 5.91. The molecule has 0 rings (SSSR count). The van der Waals surface area contributed by atoms with Gasteiger partial charge in [-0.05, 0) is 18.8 Å². The van der Waals surface area contributed by atoms with Crippen LogP contribution in [-0.4, -0.2) is 25.2 Å². The molecule has 0 N–H and O–H groups in total. The van der Waals surface area contributed by atoms with Crippen LogP contribution < -0.4 is 0 Å². The van der Waals surface area contributed by atoms with Gasteiger partial charge in [0.1, 0.15) is 0 Å². The van der Waals surface area contributed by atoms with Crippen molar-refractivity contribution in [1.29, 1.82) is 0 Å². The highest BCUT2D eigenvalue weighted by atomic mass is 16.5. The lowest BCUT2D eigenvalue weighted by atomic mass is 10.1. The van der Waals surface area contributed by atoms with Crippen LogP contribution in [-0.2, 0) is 19.1 Å². The van der Waals surface area contributed by atoms with E-state index < -0.39 is 11.9 Å². The second-order valence-electron chi connectivity index (χ2n) is 4.73. The summed E-state index contributed by atoms with van der Waals surface area (Å²) in [6.45, 7) is 6.99. The molecule has 0 bridgehead atoms. The quantitative estimate of drug-likeness (QED) is 0.347. The van der Waals surface area contributed by atoms with Gasteiger partial charge < -0.3 is 9.47 Å². The molecular formula is C15H26O4. The van der Waals surface area contributed by atoms with Crippen molar-refractivity contribution in [1.82, 2.24) is 0 Å². The van der Waals surface area contributed by atoms with Gasteiger partial charge in [0, 0.05) is 12.2 Å². The Morgan fingerprint density at radius 1 is 1.00 bits per heavy atom. The smallest absolute Gasteiger partial charge is 0.331 e. The minimum Gasteiger partial charge on any atom is -0.463 e. The monoisotopic (exact) mass is 270 g/mol. The van der Waals surface area contributed by atoms with Gasteiger partial charge in [0.25, 0.3) is 0 Å². The van der Waals surface area contributed by atoms with Crippen molar-refractivity contribution < 1.29 is 19.1 Å². The molecule has 0 aliphatic rings. The fourth-order valence-corrected chi connectivity index (χ4v) is 1.56. The van der Waals surface area contributed by atoms with Gasteiger partial charge in [-0.15, -0.1) is 0 Å². The van der Waals surface area contributed by atoms with Gasteiger partial charge in [0.15, 0.2) is 0 Å². The third kappa shape index (κ3) is 11.5. The molecule has 0 spiro atoms. The van der Waals surface area contributed by atoms with Crippen molar-refractivity contribution in [3.63, 3.8) is 0 Å². The summed E-state index contributed by atoms with van der Waals surface area (Å²) in [6, 6.07) is 0. The fraction of sp³-hybridized carbons (Fsp3) is 0.733. The van der Waals surface area contributed by atoms with E-state index in [-0.39, 0.29) is 0 Å². The number of esters is 2. The van der Waals surface area contributed by atoms with Crippen LogP contribution in [0.3, 0.4) is 0 Å². The van der Waals surface area contributed by atoms with Crippen LogP contribution in [0.4, 0.5) is 0 Å². The molecule has 19 heavy (non-hydrogen) atoms. The molecule has 0 amide bonds. The van der Waals surface area contributed by atoms with E-state index in [4.69, 9.17) is 9.47 Å². The second kappa shape index (κ2) is 11.8. The average Bonchev–Trinajstić information content (AvgIpc) is 2.39. The van der Waals surface area contributed by atoms with Crippen molar-refractivity contribution in [2.75, 3.05) is 13.2 Å². The Morgan fingerprint density at radius 3 is 2.21 bits per heavy atom. The lowest BCUT2D eigenvalue weighted by molar-refractivity contribution is -0.141. The standard InChI is InChI=1S/C15H26O4/c1-4-6-7-11-18-14(16)9-10-15(17)19-12-13(3)8-5-2/h9-10,13H,4-8,11-12H2,1-3H3/b10-9+. The normalized spacial score (nSPS) is 12.4. The van der Waals surface area contributed by atoms with Gasteiger partial charge in [-0.2, -0.15) is 0 Å². The summed E-state index contributed by atoms with van der Waals surface area (Å²) in [5.41, 5.74) is 0. The van der Waals surface area contributed by atoms with Crippen molar-refractivity contribution in [3.8, 4) is 0 Å². The number of ether oxygens (including phenoxy) is 2. The van der Waals surface area contributed by atoms with Gasteiger partial charge in [0.2, 0.25) is 0 Å². The number of carbonyl (C=O) groups excluding carboxylic acids is 2. The number of unbranched alkanes of at least 4 members (excludes halogenated alkanes) is 2. The van der Waals surface area contributed by atoms with Gasteiger partial charge in [-0.25, -0.2) is 9.59 Å². The topological polar surface area (TPSA) is 52.6 Å². The minimum atomic E-state index is -0.492. The lowest BCUT2D eigenvalue weighted by Crippen LogP contribution is -2.10. The third-order valence-electron chi connectivity index (χ3n) is 2.64. The summed E-state index contributed by atoms with van der Waals surface area (Å²) in [5, 5.41) is 0. The summed E-state index contributed by atoms with van der Waals surface area (Å²) in [4.78, 5) is 22.6. The predicted octanol–water partition coefficient (Wildman–Crippen LogP) is 3.26. The number of hydrogen-bond donors (Lipinski definition) is 0. The number of rotatable bonds is 10. The molecule has 1 atom stereocenters. The van der Waals surface area contributed by atoms with E-state index >= 15 is 0 Å². The Balaban J connectivity index is 3.73. The number of carbonyl (C=O) groups is 2. The molecule has 0 saturated carbocycles. The van der Waals surface area contributed by atoms with E-state index in [0.29, 0.717) is 19.1 Å². The first-order valence-electron chi connectivity index (χ1n) is 7.11. The van der Waals surface area contributed by atoms with E-state index in [1.807, 2.05) is 6.92 Å². The van der Waals surface area contributed by atoms with Crippen molar-refractivity contribution in [3.05, 3.63) is 12.2 Å². The van der Waals surface area contributed by atoms with Gasteiger partial charge in [-0.1, -0.05) is 40.0 Å². The van der Waals surface area contributed by atoms with Gasteiger partial charge in [0.05, 0.1) is 13.2 Å². The van der Waals surface area contributed by atoms with Crippen LogP contribution in [0.5, 0.6) is 0 Å². The molecule has 1 unspecified atom stereocenters. The lowest BCUT2D eigenvalue weighted by Gasteiger charge is -2.09. The SMILES string of the molecule is CCCCCOC(=O)/C=C/C(=O)OCC(C)CCC. The molecule has 0 heterocycles. The Morgan fingerprint density at radius 2 is 1.63 bits per heavy atom. The minimum absolute atomic E-state index is 0.350. The maximum atomic E-state index is 11.3. The first-order valence-corrected chi connectivity index (χ1v) is 7.11. The first-order chi connectivity index (χ1) is 9.10. The van der Waals surface area contributed by atoms with E-state index in [2.05, 4.69) is 13.8 Å². The van der Waals surface area contributed by atoms with Crippen LogP contribution in [0.1, 0.15) is 52.9 Å². The zero-order valence-corrected chi connectivity index (χ0v) is 12.3. The van der Waals surface area contributed by atoms with Crippen molar-refractivity contribution >= 4 is 11.9 Å². The van der Waals surface area contributed by atoms with E-state index in [1.54, 1.807) is 0 Å². The van der Waals surface area contributed by atoms with E-state index in [9.17, 15) is 9.59 Å². The largest absolute Gasteiger partial charge is 0.463 e. The molecule has 0 radical (unpaired) electrons. The maximum absolute atomic E-state index is 11.3. The van der Waals surface area contributed by atoms with Gasteiger partial charge in [-0.3, -0.25) is 0 Å². The second-order valence-corrected chi connectivity index (χ2v) is 4.73. The van der Waals surface area contributed by atoms with Crippen LogP contribution in [0, 0.1) is 5.92 Å². The molecule has 0 aromatic heterocycles. The Labute approximate surface area is 116 Å². The highest BCUT2D eigenvalue weighted by Gasteiger charge is 2.05. The van der Waals surface area contributed by atoms with Crippen LogP contribution in [0.25, 0.3) is 0 Å². The van der Waals surface area contributed by atoms with Crippen molar-refractivity contribution in [2.45, 2.75) is 52.9 Å². The molecule has 0 aromatic rings. The van der Waals surface area contributed by atoms with E-state index in [1.165, 1.54) is 0 Å². The summed E-state index contributed by atoms with van der Waals surface area (Å²) in [6.07, 6.45) is 7.31. The summed E-state index contributed by atoms with van der Waals surface area (Å²) >= 11 is 0. The molecule has 0 aromatic carbocycles. The van der Waals surface area contributed by atoms with E-state index in [0.717, 1.165) is 44.3 Å². The highest BCUT2D eigenvalue weighted by Crippen LogP contribution is 2.05. The molecule has 0 aliphatic carbocycles. The zero-order valence-electron chi connectivity index (χ0n) is 12.3. The molecular weight excluding hydrogens is 244 g/mol. The Hall–Kier alpha value is -1.32.